The third-order valence-electron chi connectivity index (χ3n) is 3.89. The Morgan fingerprint density at radius 1 is 1.33 bits per heavy atom. The average molecular weight is 305 g/mol. The van der Waals surface area contributed by atoms with Gasteiger partial charge in [0, 0.05) is 13.6 Å². The van der Waals surface area contributed by atoms with E-state index in [2.05, 4.69) is 0 Å². The van der Waals surface area contributed by atoms with Crippen LogP contribution in [0.2, 0.25) is 0 Å². The van der Waals surface area contributed by atoms with Gasteiger partial charge in [-0.05, 0) is 30.3 Å². The van der Waals surface area contributed by atoms with Crippen molar-refractivity contribution in [3.05, 3.63) is 11.9 Å². The van der Waals surface area contributed by atoms with Gasteiger partial charge in [0.15, 0.2) is 0 Å². The number of nitrogens with zero attached hydrogens (tertiary/aromatic N) is 2. The third kappa shape index (κ3) is 3.70. The zero-order chi connectivity index (χ0) is 16.0. The maximum Gasteiger partial charge on any atom is 0.471 e. The molecule has 0 aromatic carbocycles. The molecule has 1 unspecified atom stereocenters. The van der Waals surface area contributed by atoms with Gasteiger partial charge in [-0.2, -0.15) is 13.2 Å². The molecule has 1 heterocycles. The number of alkyl halides is 3. The molecule has 2 aliphatic rings. The van der Waals surface area contributed by atoms with Gasteiger partial charge in [-0.15, -0.1) is 0 Å². The van der Waals surface area contributed by atoms with E-state index >= 15 is 0 Å². The van der Waals surface area contributed by atoms with E-state index in [9.17, 15) is 18.0 Å². The Kier molecular flexibility index (Phi) is 3.99. The van der Waals surface area contributed by atoms with Crippen LogP contribution < -0.4 is 5.32 Å². The van der Waals surface area contributed by atoms with Crippen LogP contribution in [0.1, 0.15) is 33.6 Å². The Balaban J connectivity index is 2.18. The predicted octanol–water partition coefficient (Wildman–Crippen LogP) is 2.49. The summed E-state index contributed by atoms with van der Waals surface area (Å²) in [5.41, 5.74) is -0.138. The molecule has 0 bridgehead atoms. The molecular formula is C14H22F3N3O. The molecule has 1 amide bonds. The smallest absolute Gasteiger partial charge is 0.304 e. The largest absolute Gasteiger partial charge is 0.471 e. The molecule has 1 fully saturated rings. The highest BCUT2D eigenvalue weighted by atomic mass is 19.4. The van der Waals surface area contributed by atoms with Crippen molar-refractivity contribution in [2.24, 2.45) is 11.3 Å². The number of carbonyl (C=O) groups is 1. The Morgan fingerprint density at radius 2 is 1.90 bits per heavy atom. The van der Waals surface area contributed by atoms with Crippen molar-refractivity contribution in [1.82, 2.24) is 15.3 Å². The quantitative estimate of drug-likeness (QED) is 0.870. The monoisotopic (exact) mass is 305 g/mol. The molecule has 0 radical (unpaired) electrons. The summed E-state index contributed by atoms with van der Waals surface area (Å²) in [5.74, 6) is -1.18. The molecule has 2 rings (SSSR count). The van der Waals surface area contributed by atoms with E-state index in [0.29, 0.717) is 12.5 Å². The van der Waals surface area contributed by atoms with Crippen LogP contribution in [0.4, 0.5) is 13.2 Å². The first-order chi connectivity index (χ1) is 9.50. The van der Waals surface area contributed by atoms with Crippen LogP contribution in [0, 0.1) is 11.3 Å². The summed E-state index contributed by atoms with van der Waals surface area (Å²) in [6, 6.07) is -0.0558. The van der Waals surface area contributed by atoms with Crippen LogP contribution in [0.5, 0.6) is 0 Å². The van der Waals surface area contributed by atoms with E-state index < -0.39 is 12.1 Å². The normalized spacial score (nSPS) is 24.2. The molecule has 1 saturated carbocycles. The van der Waals surface area contributed by atoms with Gasteiger partial charge < -0.3 is 5.32 Å². The fourth-order valence-electron chi connectivity index (χ4n) is 2.54. The molecule has 0 saturated heterocycles. The Labute approximate surface area is 122 Å². The number of hydrogen-bond donors (Lipinski definition) is 1. The minimum atomic E-state index is -4.87. The van der Waals surface area contributed by atoms with Crippen LogP contribution in [0.25, 0.3) is 0 Å². The lowest BCUT2D eigenvalue weighted by Gasteiger charge is -2.37. The van der Waals surface area contributed by atoms with Crippen LogP contribution in [-0.2, 0) is 4.79 Å². The molecule has 1 atom stereocenters. The number of likely N-dealkylation sites (N-methyl/N-ethyl adjacent to an activating group) is 1. The number of hydrogen-bond acceptors (Lipinski definition) is 3. The van der Waals surface area contributed by atoms with E-state index in [0.717, 1.165) is 12.8 Å². The fourth-order valence-corrected chi connectivity index (χ4v) is 2.54. The summed E-state index contributed by atoms with van der Waals surface area (Å²) in [4.78, 5) is 11.2. The number of rotatable bonds is 3. The summed E-state index contributed by atoms with van der Waals surface area (Å²) in [5, 5.41) is 5.70. The molecule has 1 N–H and O–H groups in total. The van der Waals surface area contributed by atoms with Crippen LogP contribution in [-0.4, -0.2) is 41.7 Å². The van der Waals surface area contributed by atoms with Crippen LogP contribution >= 0.6 is 0 Å². The molecule has 0 aromatic rings. The Hall–Kier alpha value is -1.24. The molecule has 0 spiro atoms. The van der Waals surface area contributed by atoms with Crippen molar-refractivity contribution < 1.29 is 18.0 Å². The lowest BCUT2D eigenvalue weighted by Crippen LogP contribution is -2.48. The number of amides is 1. The lowest BCUT2D eigenvalue weighted by atomic mass is 9.87. The first-order valence-corrected chi connectivity index (χ1v) is 7.10. The first kappa shape index (κ1) is 16.1. The van der Waals surface area contributed by atoms with E-state index in [1.807, 2.05) is 38.1 Å². The van der Waals surface area contributed by atoms with Crippen molar-refractivity contribution in [1.29, 1.82) is 0 Å². The molecule has 1 aliphatic carbocycles. The number of nitrogens with one attached hydrogen (secondary N) is 1. The van der Waals surface area contributed by atoms with Crippen molar-refractivity contribution in [2.75, 3.05) is 13.6 Å². The summed E-state index contributed by atoms with van der Waals surface area (Å²) in [6.45, 7) is 6.71. The predicted molar refractivity (Wildman–Crippen MR) is 72.7 cm³/mol. The summed E-state index contributed by atoms with van der Waals surface area (Å²) < 4.78 is 37.4. The van der Waals surface area contributed by atoms with Crippen molar-refractivity contribution >= 4 is 5.91 Å². The maximum absolute atomic E-state index is 12.5. The highest BCUT2D eigenvalue weighted by Gasteiger charge is 2.43. The second-order valence-corrected chi connectivity index (χ2v) is 6.91. The average Bonchev–Trinajstić information content (AvgIpc) is 3.06. The summed E-state index contributed by atoms with van der Waals surface area (Å²) in [6.07, 6.45) is -0.980. The van der Waals surface area contributed by atoms with Gasteiger partial charge in [0.25, 0.3) is 0 Å². The third-order valence-corrected chi connectivity index (χ3v) is 3.89. The number of carbonyl (C=O) groups excluding carboxylic acids is 1. The first-order valence-electron chi connectivity index (χ1n) is 7.10. The maximum atomic E-state index is 12.5. The van der Waals surface area contributed by atoms with Gasteiger partial charge >= 0.3 is 12.1 Å². The van der Waals surface area contributed by atoms with E-state index in [4.69, 9.17) is 0 Å². The minimum absolute atomic E-state index is 0.0558. The SMILES string of the molecule is CN1C(C(C)(C)C)C=C(NC(=O)C(F)(F)F)N1CC1CC1. The van der Waals surface area contributed by atoms with Crippen LogP contribution in [0.15, 0.2) is 11.9 Å². The highest BCUT2D eigenvalue weighted by molar-refractivity contribution is 5.83. The summed E-state index contributed by atoms with van der Waals surface area (Å²) in [7, 11) is 1.85. The Morgan fingerprint density at radius 3 is 2.33 bits per heavy atom. The molecule has 1 aliphatic heterocycles. The zero-order valence-corrected chi connectivity index (χ0v) is 12.8. The molecule has 7 heteroatoms. The van der Waals surface area contributed by atoms with E-state index in [1.165, 1.54) is 0 Å². The fraction of sp³-hybridized carbons (Fsp3) is 0.786. The lowest BCUT2D eigenvalue weighted by molar-refractivity contribution is -0.173. The second-order valence-electron chi connectivity index (χ2n) is 6.91. The molecule has 0 aromatic heterocycles. The van der Waals surface area contributed by atoms with E-state index in [1.54, 1.807) is 11.1 Å². The Bertz CT molecular complexity index is 449. The van der Waals surface area contributed by atoms with Gasteiger partial charge in [0.1, 0.15) is 5.82 Å². The van der Waals surface area contributed by atoms with Gasteiger partial charge in [-0.3, -0.25) is 9.80 Å². The molecule has 120 valence electrons. The van der Waals surface area contributed by atoms with Crippen molar-refractivity contribution in [3.63, 3.8) is 0 Å². The summed E-state index contributed by atoms with van der Waals surface area (Å²) >= 11 is 0. The molecule has 21 heavy (non-hydrogen) atoms. The topological polar surface area (TPSA) is 35.6 Å². The minimum Gasteiger partial charge on any atom is -0.304 e. The van der Waals surface area contributed by atoms with Crippen LogP contribution in [0.3, 0.4) is 0 Å². The van der Waals surface area contributed by atoms with Gasteiger partial charge in [-0.25, -0.2) is 5.01 Å². The van der Waals surface area contributed by atoms with Gasteiger partial charge in [0.05, 0.1) is 6.04 Å². The highest BCUT2D eigenvalue weighted by Crippen LogP contribution is 2.37. The number of halogens is 3. The molecule has 4 nitrogen and oxygen atoms in total. The van der Waals surface area contributed by atoms with Gasteiger partial charge in [-0.1, -0.05) is 20.8 Å². The molecular weight excluding hydrogens is 283 g/mol. The second kappa shape index (κ2) is 5.19. The van der Waals surface area contributed by atoms with E-state index in [-0.39, 0.29) is 17.3 Å². The van der Waals surface area contributed by atoms with Crippen molar-refractivity contribution in [3.8, 4) is 0 Å². The number of hydrazine groups is 1. The van der Waals surface area contributed by atoms with Crippen molar-refractivity contribution in [2.45, 2.75) is 45.8 Å². The van der Waals surface area contributed by atoms with Gasteiger partial charge in [0.2, 0.25) is 0 Å². The standard InChI is InChI=1S/C14H22F3N3O/c1-13(2,3)10-7-11(18-12(21)14(15,16)17)20(19(10)4)8-9-5-6-9/h7,9-10H,5-6,8H2,1-4H3,(H,18,21). The zero-order valence-electron chi connectivity index (χ0n) is 12.8.